The van der Waals surface area contributed by atoms with Crippen LogP contribution in [0.3, 0.4) is 0 Å². The Labute approximate surface area is 161 Å². The highest BCUT2D eigenvalue weighted by molar-refractivity contribution is 14.0. The van der Waals surface area contributed by atoms with Crippen molar-refractivity contribution < 1.29 is 9.53 Å². The number of piperidine rings is 1. The zero-order valence-electron chi connectivity index (χ0n) is 14.7. The third kappa shape index (κ3) is 5.96. The standard InChI is InChI=1S/C18H27N3O2.HI/c1-4-23-17(22)16-6-5-11-21(13-16)18(19-3)20-12-15-9-7-14(2)8-10-15;/h7-10,16H,4-6,11-13H2,1-3H3,(H,19,20);1H. The first-order chi connectivity index (χ1) is 11.1. The smallest absolute Gasteiger partial charge is 0.310 e. The predicted molar refractivity (Wildman–Crippen MR) is 108 cm³/mol. The van der Waals surface area contributed by atoms with E-state index in [1.54, 1.807) is 7.05 Å². The van der Waals surface area contributed by atoms with Crippen molar-refractivity contribution in [1.82, 2.24) is 10.2 Å². The highest BCUT2D eigenvalue weighted by atomic mass is 127. The van der Waals surface area contributed by atoms with Gasteiger partial charge in [-0.15, -0.1) is 24.0 Å². The number of halogens is 1. The lowest BCUT2D eigenvalue weighted by molar-refractivity contribution is -0.149. The Balaban J connectivity index is 0.00000288. The average molecular weight is 445 g/mol. The number of aryl methyl sites for hydroxylation is 1. The molecule has 1 aliphatic heterocycles. The summed E-state index contributed by atoms with van der Waals surface area (Å²) in [5, 5.41) is 3.39. The second-order valence-electron chi connectivity index (χ2n) is 5.92. The number of guanidine groups is 1. The van der Waals surface area contributed by atoms with Crippen molar-refractivity contribution in [3.05, 3.63) is 35.4 Å². The minimum Gasteiger partial charge on any atom is -0.466 e. The molecule has 1 N–H and O–H groups in total. The number of aliphatic imine (C=N–C) groups is 1. The van der Waals surface area contributed by atoms with Gasteiger partial charge in [0.25, 0.3) is 0 Å². The van der Waals surface area contributed by atoms with E-state index in [0.29, 0.717) is 13.2 Å². The van der Waals surface area contributed by atoms with Crippen LogP contribution in [0.25, 0.3) is 0 Å². The lowest BCUT2D eigenvalue weighted by Crippen LogP contribution is -2.48. The molecule has 0 aliphatic carbocycles. The number of carbonyl (C=O) groups excluding carboxylic acids is 1. The Bertz CT molecular complexity index is 546. The van der Waals surface area contributed by atoms with Crippen molar-refractivity contribution in [3.8, 4) is 0 Å². The van der Waals surface area contributed by atoms with Crippen LogP contribution in [-0.4, -0.2) is 43.6 Å². The quantitative estimate of drug-likeness (QED) is 0.335. The minimum atomic E-state index is -0.0915. The molecule has 5 nitrogen and oxygen atoms in total. The van der Waals surface area contributed by atoms with Gasteiger partial charge in [-0.05, 0) is 32.3 Å². The van der Waals surface area contributed by atoms with Crippen LogP contribution in [0.4, 0.5) is 0 Å². The highest BCUT2D eigenvalue weighted by Gasteiger charge is 2.28. The number of ether oxygens (including phenoxy) is 1. The van der Waals surface area contributed by atoms with E-state index in [2.05, 4.69) is 46.4 Å². The highest BCUT2D eigenvalue weighted by Crippen LogP contribution is 2.18. The minimum absolute atomic E-state index is 0. The first-order valence-corrected chi connectivity index (χ1v) is 8.31. The summed E-state index contributed by atoms with van der Waals surface area (Å²) in [7, 11) is 1.78. The van der Waals surface area contributed by atoms with Crippen LogP contribution in [0.15, 0.2) is 29.3 Å². The maximum Gasteiger partial charge on any atom is 0.310 e. The van der Waals surface area contributed by atoms with Crippen LogP contribution in [0.2, 0.25) is 0 Å². The molecule has 2 rings (SSSR count). The Morgan fingerprint density at radius 3 is 2.71 bits per heavy atom. The molecule has 0 amide bonds. The molecule has 1 saturated heterocycles. The van der Waals surface area contributed by atoms with Crippen LogP contribution in [-0.2, 0) is 16.1 Å². The van der Waals surface area contributed by atoms with Gasteiger partial charge in [-0.1, -0.05) is 29.8 Å². The number of hydrogen-bond donors (Lipinski definition) is 1. The van der Waals surface area contributed by atoms with Crippen LogP contribution < -0.4 is 5.32 Å². The van der Waals surface area contributed by atoms with E-state index in [0.717, 1.165) is 31.9 Å². The fraction of sp³-hybridized carbons (Fsp3) is 0.556. The van der Waals surface area contributed by atoms with Crippen molar-refractivity contribution in [2.24, 2.45) is 10.9 Å². The lowest BCUT2D eigenvalue weighted by atomic mass is 9.98. The number of likely N-dealkylation sites (tertiary alicyclic amines) is 1. The van der Waals surface area contributed by atoms with Gasteiger partial charge in [0.2, 0.25) is 0 Å². The van der Waals surface area contributed by atoms with E-state index >= 15 is 0 Å². The van der Waals surface area contributed by atoms with E-state index in [4.69, 9.17) is 4.74 Å². The van der Waals surface area contributed by atoms with Gasteiger partial charge in [0.1, 0.15) is 0 Å². The maximum atomic E-state index is 12.0. The van der Waals surface area contributed by atoms with Crippen molar-refractivity contribution in [3.63, 3.8) is 0 Å². The number of hydrogen-bond acceptors (Lipinski definition) is 3. The summed E-state index contributed by atoms with van der Waals surface area (Å²) < 4.78 is 5.16. The SMILES string of the molecule is CCOC(=O)C1CCCN(C(=NC)NCc2ccc(C)cc2)C1.I. The molecule has 1 fully saturated rings. The zero-order chi connectivity index (χ0) is 16.7. The van der Waals surface area contributed by atoms with Gasteiger partial charge in [-0.2, -0.15) is 0 Å². The first-order valence-electron chi connectivity index (χ1n) is 8.31. The van der Waals surface area contributed by atoms with E-state index in [9.17, 15) is 4.79 Å². The summed E-state index contributed by atoms with van der Waals surface area (Å²) in [6.07, 6.45) is 1.87. The molecule has 1 unspecified atom stereocenters. The molecule has 24 heavy (non-hydrogen) atoms. The summed E-state index contributed by atoms with van der Waals surface area (Å²) in [4.78, 5) is 18.5. The van der Waals surface area contributed by atoms with Crippen molar-refractivity contribution >= 4 is 35.9 Å². The number of benzene rings is 1. The summed E-state index contributed by atoms with van der Waals surface area (Å²) in [5.41, 5.74) is 2.47. The fourth-order valence-electron chi connectivity index (χ4n) is 2.84. The number of nitrogens with zero attached hydrogens (tertiary/aromatic N) is 2. The molecular formula is C18H28IN3O2. The molecule has 134 valence electrons. The lowest BCUT2D eigenvalue weighted by Gasteiger charge is -2.34. The van der Waals surface area contributed by atoms with Crippen LogP contribution in [0.5, 0.6) is 0 Å². The molecule has 0 bridgehead atoms. The number of rotatable bonds is 4. The maximum absolute atomic E-state index is 12.0. The molecule has 1 heterocycles. The molecule has 1 aromatic carbocycles. The monoisotopic (exact) mass is 445 g/mol. The Morgan fingerprint density at radius 1 is 1.38 bits per heavy atom. The number of nitrogens with one attached hydrogen (secondary N) is 1. The van der Waals surface area contributed by atoms with Crippen molar-refractivity contribution in [1.29, 1.82) is 0 Å². The molecular weight excluding hydrogens is 417 g/mol. The molecule has 0 aromatic heterocycles. The van der Waals surface area contributed by atoms with Gasteiger partial charge in [0.15, 0.2) is 5.96 Å². The van der Waals surface area contributed by atoms with E-state index < -0.39 is 0 Å². The molecule has 0 radical (unpaired) electrons. The number of esters is 1. The Kier molecular flexibility index (Phi) is 9.10. The first kappa shape index (κ1) is 20.7. The fourth-order valence-corrected chi connectivity index (χ4v) is 2.84. The van der Waals surface area contributed by atoms with Gasteiger partial charge in [-0.3, -0.25) is 9.79 Å². The summed E-state index contributed by atoms with van der Waals surface area (Å²) in [6, 6.07) is 8.45. The van der Waals surface area contributed by atoms with Gasteiger partial charge >= 0.3 is 5.97 Å². The van der Waals surface area contributed by atoms with Crippen LogP contribution >= 0.6 is 24.0 Å². The molecule has 1 aliphatic rings. The van der Waals surface area contributed by atoms with Gasteiger partial charge in [0.05, 0.1) is 12.5 Å². The predicted octanol–water partition coefficient (Wildman–Crippen LogP) is 2.96. The summed E-state index contributed by atoms with van der Waals surface area (Å²) in [6.45, 7) is 6.69. The second kappa shape index (κ2) is 10.5. The summed E-state index contributed by atoms with van der Waals surface area (Å²) >= 11 is 0. The van der Waals surface area contributed by atoms with Crippen LogP contribution in [0.1, 0.15) is 30.9 Å². The van der Waals surface area contributed by atoms with E-state index in [1.165, 1.54) is 11.1 Å². The molecule has 1 aromatic rings. The van der Waals surface area contributed by atoms with Gasteiger partial charge in [0, 0.05) is 26.7 Å². The Hall–Kier alpha value is -1.31. The van der Waals surface area contributed by atoms with E-state index in [-0.39, 0.29) is 35.9 Å². The van der Waals surface area contributed by atoms with E-state index in [1.807, 2.05) is 6.92 Å². The molecule has 0 spiro atoms. The Morgan fingerprint density at radius 2 is 2.08 bits per heavy atom. The normalized spacial score (nSPS) is 17.9. The second-order valence-corrected chi connectivity index (χ2v) is 5.92. The van der Waals surface area contributed by atoms with Crippen LogP contribution in [0, 0.1) is 12.8 Å². The molecule has 1 atom stereocenters. The third-order valence-corrected chi connectivity index (χ3v) is 4.12. The van der Waals surface area contributed by atoms with Crippen molar-refractivity contribution in [2.75, 3.05) is 26.7 Å². The third-order valence-electron chi connectivity index (χ3n) is 4.12. The summed E-state index contributed by atoms with van der Waals surface area (Å²) in [5.74, 6) is 0.701. The van der Waals surface area contributed by atoms with Crippen molar-refractivity contribution in [2.45, 2.75) is 33.2 Å². The van der Waals surface area contributed by atoms with Gasteiger partial charge in [-0.25, -0.2) is 0 Å². The number of carbonyl (C=O) groups is 1. The zero-order valence-corrected chi connectivity index (χ0v) is 17.1. The molecule has 0 saturated carbocycles. The molecule has 6 heteroatoms. The largest absolute Gasteiger partial charge is 0.466 e. The topological polar surface area (TPSA) is 53.9 Å². The average Bonchev–Trinajstić information content (AvgIpc) is 2.57. The van der Waals surface area contributed by atoms with Gasteiger partial charge < -0.3 is 15.0 Å².